The smallest absolute Gasteiger partial charge is 0.266 e. The number of hydrogen-bond acceptors (Lipinski definition) is 5. The van der Waals surface area contributed by atoms with Crippen LogP contribution in [0.15, 0.2) is 11.1 Å². The van der Waals surface area contributed by atoms with Gasteiger partial charge < -0.3 is 0 Å². The minimum Gasteiger partial charge on any atom is -0.281 e. The maximum absolute atomic E-state index is 12.3. The van der Waals surface area contributed by atoms with Crippen molar-refractivity contribution in [3.63, 3.8) is 0 Å². The molecule has 0 saturated carbocycles. The number of aromatic amines is 1. The molecular formula is C10H12N6O2S. The predicted molar refractivity (Wildman–Crippen MR) is 66.8 cm³/mol. The number of nitrogens with zero attached hydrogens (tertiary/aromatic N) is 4. The lowest BCUT2D eigenvalue weighted by atomic mass is 10.4. The van der Waals surface area contributed by atoms with E-state index in [1.807, 2.05) is 6.07 Å². The van der Waals surface area contributed by atoms with Crippen LogP contribution in [0.25, 0.3) is 0 Å². The lowest BCUT2D eigenvalue weighted by molar-refractivity contribution is 0.599. The minimum absolute atomic E-state index is 0.00463. The maximum atomic E-state index is 12.3. The van der Waals surface area contributed by atoms with Gasteiger partial charge in [0.1, 0.15) is 16.5 Å². The fourth-order valence-corrected chi connectivity index (χ4v) is 3.15. The second-order valence-corrected chi connectivity index (χ2v) is 5.66. The van der Waals surface area contributed by atoms with E-state index in [0.29, 0.717) is 11.4 Å². The number of nitrogens with one attached hydrogen (secondary N) is 2. The van der Waals surface area contributed by atoms with Crippen molar-refractivity contribution in [1.82, 2.24) is 20.0 Å². The summed E-state index contributed by atoms with van der Waals surface area (Å²) in [5, 5.41) is 19.3. The fraction of sp³-hybridized carbons (Fsp3) is 0.300. The molecule has 2 N–H and O–H groups in total. The highest BCUT2D eigenvalue weighted by Gasteiger charge is 2.24. The summed E-state index contributed by atoms with van der Waals surface area (Å²) >= 11 is 0. The first-order valence-corrected chi connectivity index (χ1v) is 6.81. The van der Waals surface area contributed by atoms with Gasteiger partial charge in [0, 0.05) is 13.2 Å². The van der Waals surface area contributed by atoms with Gasteiger partial charge >= 0.3 is 0 Å². The van der Waals surface area contributed by atoms with Crippen LogP contribution in [0.1, 0.15) is 17.0 Å². The molecule has 19 heavy (non-hydrogen) atoms. The summed E-state index contributed by atoms with van der Waals surface area (Å²) in [4.78, 5) is 0.0713. The molecule has 0 spiro atoms. The summed E-state index contributed by atoms with van der Waals surface area (Å²) in [7, 11) is -2.22. The van der Waals surface area contributed by atoms with Gasteiger partial charge in [0.2, 0.25) is 0 Å². The van der Waals surface area contributed by atoms with Gasteiger partial charge in [-0.15, -0.1) is 0 Å². The lowest BCUT2D eigenvalue weighted by Crippen LogP contribution is -2.15. The number of sulfonamides is 1. The van der Waals surface area contributed by atoms with E-state index in [1.165, 1.54) is 10.9 Å². The number of anilines is 1. The van der Waals surface area contributed by atoms with Gasteiger partial charge in [-0.05, 0) is 13.8 Å². The summed E-state index contributed by atoms with van der Waals surface area (Å²) in [6, 6.07) is 1.88. The van der Waals surface area contributed by atoms with E-state index in [9.17, 15) is 8.42 Å². The van der Waals surface area contributed by atoms with Crippen LogP contribution in [-0.2, 0) is 17.1 Å². The zero-order valence-corrected chi connectivity index (χ0v) is 11.4. The Balaban J connectivity index is 2.46. The topological polar surface area (TPSA) is 116 Å². The summed E-state index contributed by atoms with van der Waals surface area (Å²) < 4.78 is 28.2. The summed E-state index contributed by atoms with van der Waals surface area (Å²) in [5.41, 5.74) is 0.948. The molecule has 0 unspecified atom stereocenters. The van der Waals surface area contributed by atoms with E-state index in [0.717, 1.165) is 0 Å². The highest BCUT2D eigenvalue weighted by molar-refractivity contribution is 7.92. The molecule has 100 valence electrons. The molecule has 0 aliphatic heterocycles. The van der Waals surface area contributed by atoms with Crippen molar-refractivity contribution >= 4 is 15.8 Å². The third-order valence-electron chi connectivity index (χ3n) is 2.51. The normalized spacial score (nSPS) is 11.3. The monoisotopic (exact) mass is 280 g/mol. The molecule has 9 heteroatoms. The second-order valence-electron chi connectivity index (χ2n) is 4.05. The standard InChI is InChI=1S/C10H12N6O2S/c1-6-9(7(2)13-12-6)19(17,18)15-10-8(4-11)5-16(3)14-10/h5H,1-3H3,(H,12,13)(H,14,15). The summed E-state index contributed by atoms with van der Waals surface area (Å²) in [5.74, 6) is 0.00463. The third kappa shape index (κ3) is 2.30. The number of nitriles is 1. The van der Waals surface area contributed by atoms with E-state index in [2.05, 4.69) is 20.0 Å². The van der Waals surface area contributed by atoms with E-state index in [-0.39, 0.29) is 16.3 Å². The number of H-pyrrole nitrogens is 1. The van der Waals surface area contributed by atoms with Crippen molar-refractivity contribution in [3.05, 3.63) is 23.1 Å². The van der Waals surface area contributed by atoms with Crippen LogP contribution < -0.4 is 4.72 Å². The molecule has 0 radical (unpaired) electrons. The van der Waals surface area contributed by atoms with Gasteiger partial charge in [-0.25, -0.2) is 8.42 Å². The summed E-state index contributed by atoms with van der Waals surface area (Å²) in [6.07, 6.45) is 1.44. The van der Waals surface area contributed by atoms with Crippen LogP contribution in [0.5, 0.6) is 0 Å². The Bertz CT molecular complexity index is 745. The molecule has 2 heterocycles. The van der Waals surface area contributed by atoms with Gasteiger partial charge in [-0.3, -0.25) is 14.5 Å². The molecular weight excluding hydrogens is 268 g/mol. The average molecular weight is 280 g/mol. The average Bonchev–Trinajstić information content (AvgIpc) is 2.81. The zero-order valence-electron chi connectivity index (χ0n) is 10.6. The number of aromatic nitrogens is 4. The van der Waals surface area contributed by atoms with E-state index >= 15 is 0 Å². The molecule has 2 aromatic rings. The first kappa shape index (κ1) is 13.1. The Morgan fingerprint density at radius 3 is 2.68 bits per heavy atom. The molecule has 0 saturated heterocycles. The van der Waals surface area contributed by atoms with Crippen LogP contribution in [0.3, 0.4) is 0 Å². The van der Waals surface area contributed by atoms with Crippen molar-refractivity contribution in [2.24, 2.45) is 7.05 Å². The van der Waals surface area contributed by atoms with Crippen LogP contribution in [0.4, 0.5) is 5.82 Å². The zero-order chi connectivity index (χ0) is 14.2. The Hall–Kier alpha value is -2.34. The summed E-state index contributed by atoms with van der Waals surface area (Å²) in [6.45, 7) is 3.19. The fourth-order valence-electron chi connectivity index (χ4n) is 1.76. The molecule has 0 amide bonds. The van der Waals surface area contributed by atoms with Crippen LogP contribution in [0, 0.1) is 25.2 Å². The van der Waals surface area contributed by atoms with Gasteiger partial charge in [0.25, 0.3) is 10.0 Å². The Labute approximate surface area is 110 Å². The maximum Gasteiger partial charge on any atom is 0.266 e. The van der Waals surface area contributed by atoms with E-state index < -0.39 is 10.0 Å². The van der Waals surface area contributed by atoms with E-state index in [1.54, 1.807) is 20.9 Å². The van der Waals surface area contributed by atoms with Crippen LogP contribution in [0.2, 0.25) is 0 Å². The molecule has 0 aromatic carbocycles. The second kappa shape index (κ2) is 4.40. The van der Waals surface area contributed by atoms with Crippen LogP contribution in [-0.4, -0.2) is 28.4 Å². The molecule has 0 fully saturated rings. The van der Waals surface area contributed by atoms with E-state index in [4.69, 9.17) is 5.26 Å². The van der Waals surface area contributed by atoms with Gasteiger partial charge in [0.05, 0.1) is 11.4 Å². The van der Waals surface area contributed by atoms with Crippen molar-refractivity contribution in [2.45, 2.75) is 18.7 Å². The highest BCUT2D eigenvalue weighted by Crippen LogP contribution is 2.21. The third-order valence-corrected chi connectivity index (χ3v) is 4.11. The first-order chi connectivity index (χ1) is 8.85. The predicted octanol–water partition coefficient (Wildman–Crippen LogP) is 0.433. The Morgan fingerprint density at radius 1 is 1.47 bits per heavy atom. The van der Waals surface area contributed by atoms with Gasteiger partial charge in [-0.2, -0.15) is 15.5 Å². The molecule has 0 aliphatic carbocycles. The minimum atomic E-state index is -3.82. The number of rotatable bonds is 3. The lowest BCUT2D eigenvalue weighted by Gasteiger charge is -2.05. The Morgan fingerprint density at radius 2 is 2.16 bits per heavy atom. The molecule has 8 nitrogen and oxygen atoms in total. The SMILES string of the molecule is Cc1n[nH]c(C)c1S(=O)(=O)Nc1nn(C)cc1C#N. The van der Waals surface area contributed by atoms with Gasteiger partial charge in [-0.1, -0.05) is 0 Å². The molecule has 2 rings (SSSR count). The Kier molecular flexibility index (Phi) is 3.03. The number of aryl methyl sites for hydroxylation is 3. The molecule has 0 atom stereocenters. The van der Waals surface area contributed by atoms with Crippen molar-refractivity contribution in [1.29, 1.82) is 5.26 Å². The van der Waals surface area contributed by atoms with Crippen molar-refractivity contribution < 1.29 is 8.42 Å². The largest absolute Gasteiger partial charge is 0.281 e. The van der Waals surface area contributed by atoms with Gasteiger partial charge in [0.15, 0.2) is 5.82 Å². The first-order valence-electron chi connectivity index (χ1n) is 5.33. The van der Waals surface area contributed by atoms with Crippen molar-refractivity contribution in [2.75, 3.05) is 4.72 Å². The molecule has 2 aromatic heterocycles. The highest BCUT2D eigenvalue weighted by atomic mass is 32.2. The quantitative estimate of drug-likeness (QED) is 0.845. The van der Waals surface area contributed by atoms with Crippen molar-refractivity contribution in [3.8, 4) is 6.07 Å². The molecule has 0 bridgehead atoms. The number of hydrogen-bond donors (Lipinski definition) is 2. The molecule has 0 aliphatic rings. The van der Waals surface area contributed by atoms with Crippen LogP contribution >= 0.6 is 0 Å².